The molecule has 6 heteroatoms. The van der Waals surface area contributed by atoms with Gasteiger partial charge in [0.25, 0.3) is 0 Å². The van der Waals surface area contributed by atoms with Gasteiger partial charge in [0.2, 0.25) is 0 Å². The van der Waals surface area contributed by atoms with Crippen LogP contribution in [0.5, 0.6) is 0 Å². The van der Waals surface area contributed by atoms with E-state index in [1.807, 2.05) is 0 Å². The summed E-state index contributed by atoms with van der Waals surface area (Å²) in [5.74, 6) is -0.680. The SMILES string of the molecule is C/C=C(\C=C(\N=O)C(=O)CCC)C(F)(F)F. The second-order valence-corrected chi connectivity index (χ2v) is 3.04. The van der Waals surface area contributed by atoms with Crippen molar-refractivity contribution in [2.45, 2.75) is 32.9 Å². The highest BCUT2D eigenvalue weighted by Gasteiger charge is 2.32. The molecule has 16 heavy (non-hydrogen) atoms. The standard InChI is InChI=1S/C10H12F3NO2/c1-3-5-9(15)8(14-16)6-7(4-2)10(11,12)13/h4,6H,3,5H2,1-2H3/b7-4+,8-6+. The van der Waals surface area contributed by atoms with Gasteiger partial charge in [0, 0.05) is 6.42 Å². The van der Waals surface area contributed by atoms with Crippen LogP contribution in [-0.2, 0) is 4.79 Å². The molecule has 0 fully saturated rings. The molecule has 0 radical (unpaired) electrons. The van der Waals surface area contributed by atoms with Gasteiger partial charge in [0.15, 0.2) is 11.5 Å². The second-order valence-electron chi connectivity index (χ2n) is 3.04. The van der Waals surface area contributed by atoms with Gasteiger partial charge in [0.05, 0.1) is 5.57 Å². The smallest absolute Gasteiger partial charge is 0.292 e. The molecule has 0 rings (SSSR count). The van der Waals surface area contributed by atoms with Crippen molar-refractivity contribution in [1.82, 2.24) is 0 Å². The van der Waals surface area contributed by atoms with Crippen LogP contribution in [0, 0.1) is 4.91 Å². The third kappa shape index (κ3) is 4.37. The molecular formula is C10H12F3NO2. The van der Waals surface area contributed by atoms with Crippen molar-refractivity contribution in [2.24, 2.45) is 5.18 Å². The molecule has 0 aromatic rings. The van der Waals surface area contributed by atoms with Gasteiger partial charge in [-0.05, 0) is 24.6 Å². The van der Waals surface area contributed by atoms with Crippen LogP contribution in [0.2, 0.25) is 0 Å². The fourth-order valence-electron chi connectivity index (χ4n) is 0.989. The minimum Gasteiger partial charge on any atom is -0.292 e. The lowest BCUT2D eigenvalue weighted by atomic mass is 10.1. The Balaban J connectivity index is 5.09. The van der Waals surface area contributed by atoms with E-state index in [4.69, 9.17) is 0 Å². The van der Waals surface area contributed by atoms with Gasteiger partial charge in [-0.15, -0.1) is 4.91 Å². The van der Waals surface area contributed by atoms with E-state index < -0.39 is 23.2 Å². The number of hydrogen-bond donors (Lipinski definition) is 0. The molecule has 3 nitrogen and oxygen atoms in total. The number of carbonyl (C=O) groups is 1. The van der Waals surface area contributed by atoms with Crippen LogP contribution in [0.4, 0.5) is 13.2 Å². The molecule has 0 atom stereocenters. The summed E-state index contributed by atoms with van der Waals surface area (Å²) in [7, 11) is 0. The van der Waals surface area contributed by atoms with Crippen molar-refractivity contribution in [3.63, 3.8) is 0 Å². The van der Waals surface area contributed by atoms with E-state index in [0.717, 1.165) is 6.08 Å². The molecule has 0 aliphatic heterocycles. The van der Waals surface area contributed by atoms with E-state index >= 15 is 0 Å². The molecule has 90 valence electrons. The van der Waals surface area contributed by atoms with Gasteiger partial charge in [-0.3, -0.25) is 4.79 Å². The van der Waals surface area contributed by atoms with Crippen molar-refractivity contribution >= 4 is 5.78 Å². The molecule has 0 spiro atoms. The Morgan fingerprint density at radius 3 is 2.25 bits per heavy atom. The molecule has 0 unspecified atom stereocenters. The molecule has 0 aliphatic rings. The lowest BCUT2D eigenvalue weighted by Crippen LogP contribution is -2.11. The molecule has 0 aromatic carbocycles. The molecule has 0 saturated carbocycles. The number of hydrogen-bond acceptors (Lipinski definition) is 3. The third-order valence-corrected chi connectivity index (χ3v) is 1.79. The quantitative estimate of drug-likeness (QED) is 0.416. The molecule has 0 saturated heterocycles. The Morgan fingerprint density at radius 2 is 1.94 bits per heavy atom. The Labute approximate surface area is 91.0 Å². The minimum absolute atomic E-state index is 0.00637. The highest BCUT2D eigenvalue weighted by atomic mass is 19.4. The minimum atomic E-state index is -4.59. The van der Waals surface area contributed by atoms with Crippen molar-refractivity contribution in [2.75, 3.05) is 0 Å². The maximum Gasteiger partial charge on any atom is 0.416 e. The summed E-state index contributed by atoms with van der Waals surface area (Å²) in [6.45, 7) is 2.85. The van der Waals surface area contributed by atoms with Gasteiger partial charge < -0.3 is 0 Å². The largest absolute Gasteiger partial charge is 0.416 e. The summed E-state index contributed by atoms with van der Waals surface area (Å²) in [6.07, 6.45) is -2.87. The van der Waals surface area contributed by atoms with Crippen molar-refractivity contribution in [3.05, 3.63) is 28.3 Å². The van der Waals surface area contributed by atoms with Crippen LogP contribution in [0.1, 0.15) is 26.7 Å². The van der Waals surface area contributed by atoms with E-state index in [2.05, 4.69) is 5.18 Å². The summed E-state index contributed by atoms with van der Waals surface area (Å²) in [5, 5.41) is 2.33. The lowest BCUT2D eigenvalue weighted by molar-refractivity contribution is -0.115. The monoisotopic (exact) mass is 235 g/mol. The van der Waals surface area contributed by atoms with Gasteiger partial charge >= 0.3 is 6.18 Å². The predicted molar refractivity (Wildman–Crippen MR) is 53.6 cm³/mol. The Morgan fingerprint density at radius 1 is 1.38 bits per heavy atom. The average molecular weight is 235 g/mol. The van der Waals surface area contributed by atoms with E-state index in [-0.39, 0.29) is 6.42 Å². The number of allylic oxidation sites excluding steroid dienone is 4. The van der Waals surface area contributed by atoms with Crippen molar-refractivity contribution in [1.29, 1.82) is 0 Å². The maximum atomic E-state index is 12.3. The van der Waals surface area contributed by atoms with Gasteiger partial charge in [0.1, 0.15) is 0 Å². The van der Waals surface area contributed by atoms with Crippen LogP contribution in [0.3, 0.4) is 0 Å². The summed E-state index contributed by atoms with van der Waals surface area (Å²) in [5.41, 5.74) is -1.74. The van der Waals surface area contributed by atoms with E-state index in [1.165, 1.54) is 6.92 Å². The lowest BCUT2D eigenvalue weighted by Gasteiger charge is -2.07. The first-order valence-corrected chi connectivity index (χ1v) is 4.68. The number of halogens is 3. The summed E-state index contributed by atoms with van der Waals surface area (Å²) < 4.78 is 36.9. The zero-order valence-corrected chi connectivity index (χ0v) is 8.97. The Bertz CT molecular complexity index is 329. The normalized spacial score (nSPS) is 13.8. The molecule has 0 aliphatic carbocycles. The van der Waals surface area contributed by atoms with Crippen LogP contribution in [-0.4, -0.2) is 12.0 Å². The summed E-state index contributed by atoms with van der Waals surface area (Å²) in [6, 6.07) is 0. The van der Waals surface area contributed by atoms with Crippen LogP contribution < -0.4 is 0 Å². The van der Waals surface area contributed by atoms with Crippen LogP contribution >= 0.6 is 0 Å². The topological polar surface area (TPSA) is 46.5 Å². The Kier molecular flexibility index (Phi) is 5.63. The average Bonchev–Trinajstić information content (AvgIpc) is 2.17. The first-order valence-electron chi connectivity index (χ1n) is 4.68. The third-order valence-electron chi connectivity index (χ3n) is 1.79. The number of nitrogens with zero attached hydrogens (tertiary/aromatic N) is 1. The van der Waals surface area contributed by atoms with Crippen molar-refractivity contribution < 1.29 is 18.0 Å². The van der Waals surface area contributed by atoms with Crippen molar-refractivity contribution in [3.8, 4) is 0 Å². The number of carbonyl (C=O) groups excluding carboxylic acids is 1. The molecule has 0 aromatic heterocycles. The molecule has 0 bridgehead atoms. The van der Waals surface area contributed by atoms with Gasteiger partial charge in [-0.1, -0.05) is 13.0 Å². The summed E-state index contributed by atoms with van der Waals surface area (Å²) in [4.78, 5) is 21.5. The number of ketones is 1. The summed E-state index contributed by atoms with van der Waals surface area (Å²) >= 11 is 0. The number of alkyl halides is 3. The fraction of sp³-hybridized carbons (Fsp3) is 0.500. The van der Waals surface area contributed by atoms with E-state index in [1.54, 1.807) is 6.92 Å². The number of Topliss-reactive ketones (excluding diaryl/α,β-unsaturated/α-hetero) is 1. The van der Waals surface area contributed by atoms with Crippen LogP contribution in [0.15, 0.2) is 28.6 Å². The molecule has 0 heterocycles. The van der Waals surface area contributed by atoms with E-state index in [0.29, 0.717) is 12.5 Å². The second kappa shape index (κ2) is 6.19. The van der Waals surface area contributed by atoms with Crippen LogP contribution in [0.25, 0.3) is 0 Å². The predicted octanol–water partition coefficient (Wildman–Crippen LogP) is 3.51. The number of nitroso groups, excluding NO2 is 1. The number of rotatable bonds is 5. The van der Waals surface area contributed by atoms with E-state index in [9.17, 15) is 22.9 Å². The fourth-order valence-corrected chi connectivity index (χ4v) is 0.989. The molecule has 0 N–H and O–H groups in total. The zero-order valence-electron chi connectivity index (χ0n) is 8.97. The first kappa shape index (κ1) is 14.5. The molecule has 0 amide bonds. The first-order chi connectivity index (χ1) is 7.36. The van der Waals surface area contributed by atoms with Gasteiger partial charge in [-0.2, -0.15) is 13.2 Å². The maximum absolute atomic E-state index is 12.3. The zero-order chi connectivity index (χ0) is 12.8. The highest BCUT2D eigenvalue weighted by molar-refractivity contribution is 5.95. The molecular weight excluding hydrogens is 223 g/mol. The van der Waals surface area contributed by atoms with Gasteiger partial charge in [-0.25, -0.2) is 0 Å². The Hall–Kier alpha value is -1.46. The highest BCUT2D eigenvalue weighted by Crippen LogP contribution is 2.27.